The molecule has 0 saturated carbocycles. The number of amides is 2. The number of fused-ring (bicyclic) bond motifs is 4. The van der Waals surface area contributed by atoms with Crippen molar-refractivity contribution >= 4 is 105 Å². The Hall–Kier alpha value is -6.37. The van der Waals surface area contributed by atoms with Crippen LogP contribution in [0.25, 0.3) is 33.5 Å². The Morgan fingerprint density at radius 2 is 0.900 bits per heavy atom. The molecule has 488 valence electrons. The normalized spacial score (nSPS) is 29.4. The van der Waals surface area contributed by atoms with Crippen LogP contribution < -0.4 is 17.2 Å². The largest absolute Gasteiger partial charge is 0.509 e. The Morgan fingerprint density at radius 3 is 1.38 bits per heavy atom. The molecule has 34 heteroatoms. The quantitative estimate of drug-likeness (QED) is 0.0815. The lowest BCUT2D eigenvalue weighted by atomic mass is 10.0. The molecule has 0 bridgehead atoms. The fraction of sp³-hybridized carbons (Fsp3) is 0.679. The number of carbonyl (C=O) groups excluding carboxylic acids is 3. The third-order valence-corrected chi connectivity index (χ3v) is 20.1. The van der Waals surface area contributed by atoms with E-state index in [1.54, 1.807) is 71.4 Å². The van der Waals surface area contributed by atoms with Crippen molar-refractivity contribution in [2.24, 2.45) is 0 Å². The molecule has 8 aliphatic rings. The lowest BCUT2D eigenvalue weighted by Gasteiger charge is -2.40. The number of carbonyl (C=O) groups is 3. The first kappa shape index (κ1) is 63.8. The van der Waals surface area contributed by atoms with Gasteiger partial charge in [-0.3, -0.25) is 13.7 Å². The van der Waals surface area contributed by atoms with Crippen LogP contribution in [-0.4, -0.2) is 262 Å². The first-order valence-corrected chi connectivity index (χ1v) is 34.8. The van der Waals surface area contributed by atoms with Crippen LogP contribution in [0.5, 0.6) is 0 Å². The van der Waals surface area contributed by atoms with Gasteiger partial charge in [-0.2, -0.15) is 35.3 Å². The molecule has 0 aromatic carbocycles. The van der Waals surface area contributed by atoms with Gasteiger partial charge in [-0.05, 0) is 96.3 Å². The molecule has 12 atom stereocenters. The molecule has 14 heterocycles. The van der Waals surface area contributed by atoms with E-state index < -0.39 is 85.9 Å². The van der Waals surface area contributed by atoms with Gasteiger partial charge in [0.1, 0.15) is 59.9 Å². The van der Waals surface area contributed by atoms with Gasteiger partial charge in [0.25, 0.3) is 0 Å². The number of thioether (sulfide) groups is 3. The zero-order valence-electron chi connectivity index (χ0n) is 50.5. The number of aliphatic hydroxyl groups is 2. The van der Waals surface area contributed by atoms with Gasteiger partial charge in [-0.15, -0.1) is 0 Å². The number of hydrogen-bond acceptors (Lipinski definition) is 29. The summed E-state index contributed by atoms with van der Waals surface area (Å²) < 4.78 is 45.6. The number of ether oxygens (including phenoxy) is 7. The van der Waals surface area contributed by atoms with E-state index in [0.717, 1.165) is 51.9 Å². The minimum absolute atomic E-state index is 0.243. The summed E-state index contributed by atoms with van der Waals surface area (Å²) in [6.45, 7) is 7.29. The Balaban J connectivity index is 0.000000134. The minimum atomic E-state index is -1.07. The van der Waals surface area contributed by atoms with Crippen LogP contribution in [0.4, 0.5) is 31.8 Å². The smallest absolute Gasteiger partial charge is 0.440 e. The van der Waals surface area contributed by atoms with Gasteiger partial charge in [0.15, 0.2) is 77.5 Å². The number of anilines is 3. The predicted molar refractivity (Wildman–Crippen MR) is 334 cm³/mol. The standard InChI is InChI=1S/2C22H33N7O4S.C12H13N5O4S/c1-34-11-15-18(17(30)21(32-15)29-13-26-16-19(23)24-12-25-20(16)29)33-22(31)28-9-5-14(6-10-28)27-7-3-2-4-8-27;1-34-11-15-17(30)18(21(32-15)29-13-26-16-19(23)24-12-25-20(16)29)33-22(31)28-9-5-14(6-10-28)27-7-3-2-4-8-27;1-22-2-5-7-8(21-12(18)20-7)11(19-5)17-4-16-6-9(13)14-3-15-10(6)17/h2*12-15,17-18,21,30H,2-11H2,1H3,(H2,23,24,25);3-5,7-8,11H,2H2,1H3,(H2,13,14,15)/t2*15-,17-,18-,21-;5-,7-,8-,11-/m111/s1. The third-order valence-electron chi connectivity index (χ3n) is 18.1. The zero-order valence-corrected chi connectivity index (χ0v) is 52.9. The number of aliphatic hydroxyl groups excluding tert-OH is 2. The van der Waals surface area contributed by atoms with E-state index in [1.165, 1.54) is 63.8 Å². The van der Waals surface area contributed by atoms with E-state index in [0.29, 0.717) is 94.8 Å². The highest BCUT2D eigenvalue weighted by Crippen LogP contribution is 2.41. The maximum absolute atomic E-state index is 13.1. The van der Waals surface area contributed by atoms with Crippen LogP contribution in [-0.2, 0) is 33.2 Å². The van der Waals surface area contributed by atoms with Gasteiger partial charge in [-0.1, -0.05) is 12.8 Å². The van der Waals surface area contributed by atoms with Crippen molar-refractivity contribution in [1.82, 2.24) is 78.2 Å². The zero-order chi connectivity index (χ0) is 62.6. The van der Waals surface area contributed by atoms with Crippen molar-refractivity contribution in [2.45, 2.75) is 150 Å². The summed E-state index contributed by atoms with van der Waals surface area (Å²) >= 11 is 4.74. The first-order chi connectivity index (χ1) is 43.8. The number of hydrogen-bond donors (Lipinski definition) is 5. The van der Waals surface area contributed by atoms with Gasteiger partial charge in [-0.25, -0.2) is 59.2 Å². The summed E-state index contributed by atoms with van der Waals surface area (Å²) in [5.41, 5.74) is 20.5. The molecule has 31 nitrogen and oxygen atoms in total. The molecule has 8 N–H and O–H groups in total. The van der Waals surface area contributed by atoms with Crippen LogP contribution in [0.1, 0.15) is 82.9 Å². The average Bonchev–Trinajstić information content (AvgIpc) is 1.69. The second-order valence-corrected chi connectivity index (χ2v) is 26.3. The second kappa shape index (κ2) is 28.6. The van der Waals surface area contributed by atoms with Gasteiger partial charge in [0.05, 0.1) is 25.1 Å². The maximum atomic E-state index is 13.1. The number of aromatic nitrogens is 12. The molecule has 2 amide bonds. The number of nitrogen functional groups attached to an aromatic ring is 3. The number of likely N-dealkylation sites (tertiary alicyclic amines) is 4. The summed E-state index contributed by atoms with van der Waals surface area (Å²) in [5.74, 6) is 2.64. The molecular formula is C56H79N19O12S3. The molecule has 6 aromatic rings. The fourth-order valence-electron chi connectivity index (χ4n) is 13.5. The topological polar surface area (TPSA) is 378 Å². The van der Waals surface area contributed by atoms with Crippen LogP contribution in [0, 0.1) is 0 Å². The van der Waals surface area contributed by atoms with E-state index in [9.17, 15) is 24.6 Å². The van der Waals surface area contributed by atoms with Gasteiger partial charge in [0.2, 0.25) is 0 Å². The van der Waals surface area contributed by atoms with Crippen molar-refractivity contribution in [3.05, 3.63) is 38.0 Å². The molecule has 0 spiro atoms. The number of piperidine rings is 4. The highest BCUT2D eigenvalue weighted by molar-refractivity contribution is 7.99. The number of nitrogens with zero attached hydrogens (tertiary/aromatic N) is 16. The second-order valence-electron chi connectivity index (χ2n) is 23.5. The molecule has 8 saturated heterocycles. The summed E-state index contributed by atoms with van der Waals surface area (Å²) in [4.78, 5) is 83.6. The van der Waals surface area contributed by atoms with Crippen molar-refractivity contribution < 1.29 is 57.8 Å². The molecule has 0 unspecified atom stereocenters. The van der Waals surface area contributed by atoms with E-state index in [2.05, 4.69) is 54.7 Å². The van der Waals surface area contributed by atoms with Crippen molar-refractivity contribution in [2.75, 3.05) is 106 Å². The lowest BCUT2D eigenvalue weighted by molar-refractivity contribution is -0.0466. The van der Waals surface area contributed by atoms with E-state index in [4.69, 9.17) is 50.4 Å². The molecule has 8 aliphatic heterocycles. The monoisotopic (exact) mass is 1310 g/mol. The Labute approximate surface area is 531 Å². The summed E-state index contributed by atoms with van der Waals surface area (Å²) in [7, 11) is 0. The number of imidazole rings is 3. The Bertz CT molecular complexity index is 3420. The van der Waals surface area contributed by atoms with E-state index in [1.807, 2.05) is 18.8 Å². The Morgan fingerprint density at radius 1 is 0.500 bits per heavy atom. The van der Waals surface area contributed by atoms with E-state index >= 15 is 0 Å². The van der Waals surface area contributed by atoms with Gasteiger partial charge in [0, 0.05) is 55.5 Å². The number of nitrogens with two attached hydrogens (primary N) is 3. The minimum Gasteiger partial charge on any atom is -0.440 e. The molecular weight excluding hydrogens is 1230 g/mol. The predicted octanol–water partition coefficient (Wildman–Crippen LogP) is 3.54. The van der Waals surface area contributed by atoms with Crippen molar-refractivity contribution in [1.29, 1.82) is 0 Å². The molecule has 14 rings (SSSR count). The fourth-order valence-corrected chi connectivity index (χ4v) is 15.3. The van der Waals surface area contributed by atoms with Crippen LogP contribution >= 0.6 is 35.3 Å². The molecule has 90 heavy (non-hydrogen) atoms. The van der Waals surface area contributed by atoms with Gasteiger partial charge < -0.3 is 80.2 Å². The number of rotatable bonds is 13. The highest BCUT2D eigenvalue weighted by atomic mass is 32.2. The third kappa shape index (κ3) is 13.3. The molecule has 6 aromatic heterocycles. The van der Waals surface area contributed by atoms with Crippen LogP contribution in [0.3, 0.4) is 0 Å². The van der Waals surface area contributed by atoms with Crippen molar-refractivity contribution in [3.63, 3.8) is 0 Å². The summed E-state index contributed by atoms with van der Waals surface area (Å²) in [5, 5.41) is 22.1. The van der Waals surface area contributed by atoms with Crippen LogP contribution in [0.2, 0.25) is 0 Å². The Kier molecular flexibility index (Phi) is 20.3. The van der Waals surface area contributed by atoms with Crippen molar-refractivity contribution in [3.8, 4) is 0 Å². The lowest BCUT2D eigenvalue weighted by Crippen LogP contribution is -2.49. The molecule has 0 radical (unpaired) electrons. The SMILES string of the molecule is CSC[C@H]1O[C@@H](n2cnc3c(N)ncnc32)[C@@H]2OC(=O)O[C@@H]21.CSC[C@H]1O[C@@H](n2cnc3c(N)ncnc32)[C@H](O)[C@@H]1OC(=O)N1CCC(N2CCCCC2)CC1.CSC[C@H]1O[C@@H](n2cnc3c(N)ncnc32)[C@H](OC(=O)N2CCC(N3CCCCC3)CC2)[C@@H]1O. The highest BCUT2D eigenvalue weighted by Gasteiger charge is 2.55. The molecule has 8 fully saturated rings. The maximum Gasteiger partial charge on any atom is 0.509 e. The van der Waals surface area contributed by atoms with Crippen LogP contribution in [0.15, 0.2) is 38.0 Å². The molecule has 0 aliphatic carbocycles. The van der Waals surface area contributed by atoms with Gasteiger partial charge >= 0.3 is 18.3 Å². The average molecular weight is 1310 g/mol. The summed E-state index contributed by atoms with van der Waals surface area (Å²) in [6, 6.07) is 1.08. The first-order valence-electron chi connectivity index (χ1n) is 30.7. The van der Waals surface area contributed by atoms with E-state index in [-0.39, 0.29) is 17.7 Å². The summed E-state index contributed by atoms with van der Waals surface area (Å²) in [6.07, 6.45) is 16.6.